The minimum atomic E-state index is -0.0193. The van der Waals surface area contributed by atoms with Crippen LogP contribution in [0.2, 0.25) is 0 Å². The van der Waals surface area contributed by atoms with Gasteiger partial charge >= 0.3 is 0 Å². The second kappa shape index (κ2) is 6.66. The van der Waals surface area contributed by atoms with Crippen LogP contribution in [0.25, 0.3) is 0 Å². The zero-order valence-corrected chi connectivity index (χ0v) is 11.9. The molecule has 1 aromatic rings. The van der Waals surface area contributed by atoms with Gasteiger partial charge in [-0.05, 0) is 43.5 Å². The molecular formula is C15H23N3O. The maximum absolute atomic E-state index is 12.0. The Bertz CT molecular complexity index is 425. The Balaban J connectivity index is 1.83. The van der Waals surface area contributed by atoms with Gasteiger partial charge in [-0.2, -0.15) is 0 Å². The van der Waals surface area contributed by atoms with Crippen molar-refractivity contribution in [1.29, 1.82) is 0 Å². The average molecular weight is 261 g/mol. The Morgan fingerprint density at radius 3 is 2.79 bits per heavy atom. The Hall–Kier alpha value is -1.42. The van der Waals surface area contributed by atoms with Crippen molar-refractivity contribution in [2.45, 2.75) is 32.6 Å². The van der Waals surface area contributed by atoms with Crippen LogP contribution < -0.4 is 5.32 Å². The summed E-state index contributed by atoms with van der Waals surface area (Å²) in [6.07, 6.45) is 6.03. The van der Waals surface area contributed by atoms with Gasteiger partial charge in [0, 0.05) is 25.5 Å². The first-order chi connectivity index (χ1) is 9.16. The summed E-state index contributed by atoms with van der Waals surface area (Å²) in [5.41, 5.74) is 1.76. The molecule has 0 radical (unpaired) electrons. The number of nitrogens with one attached hydrogen (secondary N) is 1. The maximum atomic E-state index is 12.0. The number of hydrogen-bond acceptors (Lipinski definition) is 3. The molecule has 0 atom stereocenters. The van der Waals surface area contributed by atoms with Crippen molar-refractivity contribution < 1.29 is 4.79 Å². The van der Waals surface area contributed by atoms with E-state index in [0.717, 1.165) is 12.1 Å². The van der Waals surface area contributed by atoms with E-state index in [2.05, 4.69) is 29.0 Å². The predicted molar refractivity (Wildman–Crippen MR) is 76.3 cm³/mol. The third-order valence-electron chi connectivity index (χ3n) is 3.60. The highest BCUT2D eigenvalue weighted by molar-refractivity contribution is 5.94. The molecule has 0 saturated carbocycles. The summed E-state index contributed by atoms with van der Waals surface area (Å²) in [5.74, 6) is 0.374. The van der Waals surface area contributed by atoms with Crippen LogP contribution in [0.4, 0.5) is 0 Å². The van der Waals surface area contributed by atoms with Gasteiger partial charge in [-0.25, -0.2) is 0 Å². The number of amides is 1. The molecule has 19 heavy (non-hydrogen) atoms. The van der Waals surface area contributed by atoms with Gasteiger partial charge in [0.05, 0.1) is 5.56 Å². The number of rotatable bonds is 5. The van der Waals surface area contributed by atoms with Gasteiger partial charge in [-0.15, -0.1) is 0 Å². The van der Waals surface area contributed by atoms with Crippen molar-refractivity contribution in [3.63, 3.8) is 0 Å². The van der Waals surface area contributed by atoms with Crippen LogP contribution in [0.1, 0.15) is 48.5 Å². The Kier molecular flexibility index (Phi) is 4.91. The van der Waals surface area contributed by atoms with Gasteiger partial charge in [0.25, 0.3) is 5.91 Å². The molecule has 1 aromatic heterocycles. The number of likely N-dealkylation sites (tertiary alicyclic amines) is 1. The van der Waals surface area contributed by atoms with Crippen LogP contribution >= 0.6 is 0 Å². The number of carbonyl (C=O) groups is 1. The molecule has 4 nitrogen and oxygen atoms in total. The van der Waals surface area contributed by atoms with E-state index in [1.54, 1.807) is 6.20 Å². The van der Waals surface area contributed by atoms with Crippen LogP contribution in [0.5, 0.6) is 0 Å². The fraction of sp³-hybridized carbons (Fsp3) is 0.600. The van der Waals surface area contributed by atoms with Gasteiger partial charge in [0.15, 0.2) is 0 Å². The summed E-state index contributed by atoms with van der Waals surface area (Å²) in [5, 5.41) is 2.97. The highest BCUT2D eigenvalue weighted by atomic mass is 16.1. The number of aromatic nitrogens is 1. The molecule has 0 unspecified atom stereocenters. The second-order valence-corrected chi connectivity index (χ2v) is 5.47. The topological polar surface area (TPSA) is 45.2 Å². The third-order valence-corrected chi connectivity index (χ3v) is 3.60. The second-order valence-electron chi connectivity index (χ2n) is 5.47. The van der Waals surface area contributed by atoms with E-state index in [1.807, 2.05) is 12.3 Å². The van der Waals surface area contributed by atoms with E-state index in [4.69, 9.17) is 0 Å². The number of carbonyl (C=O) groups excluding carboxylic acids is 1. The van der Waals surface area contributed by atoms with Crippen LogP contribution in [-0.2, 0) is 0 Å². The molecule has 104 valence electrons. The molecule has 1 aliphatic heterocycles. The lowest BCUT2D eigenvalue weighted by molar-refractivity contribution is 0.0949. The fourth-order valence-corrected chi connectivity index (χ4v) is 2.33. The highest BCUT2D eigenvalue weighted by Gasteiger charge is 2.12. The number of hydrogen-bond donors (Lipinski definition) is 1. The first-order valence-electron chi connectivity index (χ1n) is 7.12. The largest absolute Gasteiger partial charge is 0.351 e. The highest BCUT2D eigenvalue weighted by Crippen LogP contribution is 2.14. The first kappa shape index (κ1) is 14.0. The zero-order chi connectivity index (χ0) is 13.7. The lowest BCUT2D eigenvalue weighted by atomic mass is 10.0. The standard InChI is InChI=1S/C15H23N3O/c1-12(2)13-9-14(11-16-10-13)15(19)17-5-8-18-6-3-4-7-18/h9-12H,3-8H2,1-2H3,(H,17,19). The molecule has 1 amide bonds. The number of nitrogens with zero attached hydrogens (tertiary/aromatic N) is 2. The van der Waals surface area contributed by atoms with E-state index >= 15 is 0 Å². The quantitative estimate of drug-likeness (QED) is 0.882. The van der Waals surface area contributed by atoms with Gasteiger partial charge in [-0.3, -0.25) is 9.78 Å². The Morgan fingerprint density at radius 2 is 2.11 bits per heavy atom. The Morgan fingerprint density at radius 1 is 1.37 bits per heavy atom. The lowest BCUT2D eigenvalue weighted by Gasteiger charge is -2.14. The average Bonchev–Trinajstić information content (AvgIpc) is 2.92. The van der Waals surface area contributed by atoms with Crippen LogP contribution in [0, 0.1) is 0 Å². The molecular weight excluding hydrogens is 238 g/mol. The molecule has 0 aromatic carbocycles. The van der Waals surface area contributed by atoms with Gasteiger partial charge in [0.2, 0.25) is 0 Å². The van der Waals surface area contributed by atoms with E-state index < -0.39 is 0 Å². The Labute approximate surface area is 115 Å². The molecule has 2 rings (SSSR count). The third kappa shape index (κ3) is 4.03. The monoisotopic (exact) mass is 261 g/mol. The van der Waals surface area contributed by atoms with Crippen molar-refractivity contribution in [3.05, 3.63) is 29.6 Å². The molecule has 1 saturated heterocycles. The molecule has 2 heterocycles. The van der Waals surface area contributed by atoms with Crippen molar-refractivity contribution in [3.8, 4) is 0 Å². The lowest BCUT2D eigenvalue weighted by Crippen LogP contribution is -2.33. The molecule has 0 aliphatic carbocycles. The first-order valence-corrected chi connectivity index (χ1v) is 7.12. The summed E-state index contributed by atoms with van der Waals surface area (Å²) >= 11 is 0. The van der Waals surface area contributed by atoms with Crippen LogP contribution in [-0.4, -0.2) is 42.0 Å². The summed E-state index contributed by atoms with van der Waals surface area (Å²) in [6.45, 7) is 8.20. The van der Waals surface area contributed by atoms with Gasteiger partial charge in [0.1, 0.15) is 0 Å². The SMILES string of the molecule is CC(C)c1cncc(C(=O)NCCN2CCCC2)c1. The van der Waals surface area contributed by atoms with E-state index in [-0.39, 0.29) is 5.91 Å². The summed E-state index contributed by atoms with van der Waals surface area (Å²) < 4.78 is 0. The van der Waals surface area contributed by atoms with Crippen molar-refractivity contribution >= 4 is 5.91 Å². The maximum Gasteiger partial charge on any atom is 0.252 e. The van der Waals surface area contributed by atoms with Crippen molar-refractivity contribution in [2.24, 2.45) is 0 Å². The molecule has 4 heteroatoms. The van der Waals surface area contributed by atoms with E-state index in [0.29, 0.717) is 18.0 Å². The summed E-state index contributed by atoms with van der Waals surface area (Å²) in [4.78, 5) is 18.6. The zero-order valence-electron chi connectivity index (χ0n) is 11.9. The normalized spacial score (nSPS) is 15.9. The summed E-state index contributed by atoms with van der Waals surface area (Å²) in [6, 6.07) is 1.93. The van der Waals surface area contributed by atoms with Gasteiger partial charge < -0.3 is 10.2 Å². The minimum Gasteiger partial charge on any atom is -0.351 e. The minimum absolute atomic E-state index is 0.0193. The van der Waals surface area contributed by atoms with Crippen LogP contribution in [0.15, 0.2) is 18.5 Å². The molecule has 1 fully saturated rings. The van der Waals surface area contributed by atoms with Crippen molar-refractivity contribution in [2.75, 3.05) is 26.2 Å². The smallest absolute Gasteiger partial charge is 0.252 e. The van der Waals surface area contributed by atoms with Gasteiger partial charge in [-0.1, -0.05) is 13.8 Å². The van der Waals surface area contributed by atoms with E-state index in [1.165, 1.54) is 25.9 Å². The fourth-order valence-electron chi connectivity index (χ4n) is 2.33. The number of pyridine rings is 1. The predicted octanol–water partition coefficient (Wildman–Crippen LogP) is 2.03. The molecule has 0 bridgehead atoms. The molecule has 1 aliphatic rings. The van der Waals surface area contributed by atoms with Crippen LogP contribution in [0.3, 0.4) is 0 Å². The van der Waals surface area contributed by atoms with Crippen molar-refractivity contribution in [1.82, 2.24) is 15.2 Å². The molecule has 0 spiro atoms. The summed E-state index contributed by atoms with van der Waals surface area (Å²) in [7, 11) is 0. The van der Waals surface area contributed by atoms with E-state index in [9.17, 15) is 4.79 Å². The molecule has 1 N–H and O–H groups in total.